The van der Waals surface area contributed by atoms with Crippen molar-refractivity contribution in [2.24, 2.45) is 0 Å². The van der Waals surface area contributed by atoms with Crippen LogP contribution in [0.5, 0.6) is 0 Å². The molecule has 0 bridgehead atoms. The van der Waals surface area contributed by atoms with E-state index in [1.54, 1.807) is 11.1 Å². The van der Waals surface area contributed by atoms with Crippen LogP contribution in [0.3, 0.4) is 0 Å². The maximum atomic E-state index is 12.2. The van der Waals surface area contributed by atoms with Crippen molar-refractivity contribution in [3.8, 4) is 0 Å². The molecule has 3 unspecified atom stereocenters. The van der Waals surface area contributed by atoms with Crippen LogP contribution in [0, 0.1) is 0 Å². The lowest BCUT2D eigenvalue weighted by atomic mass is 10.0. The van der Waals surface area contributed by atoms with Gasteiger partial charge in [0.25, 0.3) is 0 Å². The number of aromatic nitrogens is 6. The number of aromatic amines is 3. The lowest BCUT2D eigenvalue weighted by Crippen LogP contribution is -2.47. The molecule has 358 valence electrons. The molecule has 2 amide bonds. The van der Waals surface area contributed by atoms with E-state index in [1.165, 1.54) is 88.1 Å². The number of carbonyl (C=O) groups excluding carboxylic acids is 3. The number of ether oxygens (including phenoxy) is 2. The van der Waals surface area contributed by atoms with Gasteiger partial charge in [-0.2, -0.15) is 15.3 Å². The van der Waals surface area contributed by atoms with Crippen molar-refractivity contribution >= 4 is 18.0 Å². The van der Waals surface area contributed by atoms with Crippen LogP contribution in [-0.4, -0.2) is 150 Å². The normalized spacial score (nSPS) is 23.8. The zero-order valence-electron chi connectivity index (χ0n) is 38.9. The van der Waals surface area contributed by atoms with Crippen molar-refractivity contribution in [3.63, 3.8) is 0 Å². The van der Waals surface area contributed by atoms with Crippen LogP contribution >= 0.6 is 0 Å². The van der Waals surface area contributed by atoms with Gasteiger partial charge in [-0.3, -0.25) is 29.9 Å². The van der Waals surface area contributed by atoms with E-state index in [0.717, 1.165) is 45.1 Å². The summed E-state index contributed by atoms with van der Waals surface area (Å²) in [5.41, 5.74) is 2.86. The fraction of sp³-hybridized carbons (Fsp3) is 0.745. The molecule has 6 aliphatic rings. The van der Waals surface area contributed by atoms with Crippen LogP contribution in [0.25, 0.3) is 0 Å². The number of rotatable bonds is 5. The molecular weight excluding hydrogens is 813 g/mol. The molecular formula is C47H80N12O5. The maximum Gasteiger partial charge on any atom is 0.410 e. The molecule has 6 fully saturated rings. The molecule has 17 nitrogen and oxygen atoms in total. The van der Waals surface area contributed by atoms with Crippen molar-refractivity contribution in [1.29, 1.82) is 0 Å². The second-order valence-corrected chi connectivity index (χ2v) is 19.7. The van der Waals surface area contributed by atoms with Crippen LogP contribution in [0.1, 0.15) is 161 Å². The van der Waals surface area contributed by atoms with E-state index < -0.39 is 11.2 Å². The standard InChI is InChI=1S/C17H28N4O2.C12H20N4.C10H17NO3.C7H11N3.CH4/c1-17(2,3)23-16(22)20-11-7-13(8-12-20)21-10-4-5-15(21)14-6-9-18-19-14;1-2-12(11-5-8-14-15-11)16(9-1)10-3-6-13-7-4-10;1-10(2,3)14-9(13)11-6-4-8(12)5-7-11;1-2-6(8-4-1)7-3-5-9-10-7;/h6,9,13,15H,4-5,7-8,10-12H2,1-3H3,(H,18,19);5,8,10,12-13H,1-4,6-7,9H2,(H,14,15);4-7H2,1-3H3;3,5-6,8H,1-2,4H2,(H,9,10);1H4. The number of H-pyrrole nitrogens is 3. The van der Waals surface area contributed by atoms with Crippen LogP contribution in [-0.2, 0) is 14.3 Å². The Bertz CT molecular complexity index is 1760. The summed E-state index contributed by atoms with van der Waals surface area (Å²) in [6.07, 6.45) is 18.1. The Hall–Kier alpha value is -4.32. The van der Waals surface area contributed by atoms with Gasteiger partial charge in [-0.25, -0.2) is 9.59 Å². The highest BCUT2D eigenvalue weighted by Crippen LogP contribution is 2.36. The van der Waals surface area contributed by atoms with Gasteiger partial charge in [-0.05, 0) is 157 Å². The van der Waals surface area contributed by atoms with Crippen LogP contribution in [0.15, 0.2) is 36.8 Å². The zero-order chi connectivity index (χ0) is 44.8. The number of carbonyl (C=O) groups is 3. The van der Waals surface area contributed by atoms with Crippen molar-refractivity contribution in [3.05, 3.63) is 53.9 Å². The Labute approximate surface area is 381 Å². The molecule has 64 heavy (non-hydrogen) atoms. The monoisotopic (exact) mass is 893 g/mol. The molecule has 3 aromatic rings. The Kier molecular flexibility index (Phi) is 19.2. The van der Waals surface area contributed by atoms with Crippen LogP contribution < -0.4 is 10.6 Å². The van der Waals surface area contributed by atoms with E-state index in [9.17, 15) is 14.4 Å². The highest BCUT2D eigenvalue weighted by Gasteiger charge is 2.36. The molecule has 3 atom stereocenters. The lowest BCUT2D eigenvalue weighted by molar-refractivity contribution is -0.121. The first-order valence-electron chi connectivity index (χ1n) is 23.6. The zero-order valence-corrected chi connectivity index (χ0v) is 38.9. The summed E-state index contributed by atoms with van der Waals surface area (Å²) in [6.45, 7) is 19.7. The van der Waals surface area contributed by atoms with Crippen LogP contribution in [0.4, 0.5) is 9.59 Å². The maximum absolute atomic E-state index is 12.2. The molecule has 0 aromatic carbocycles. The fourth-order valence-electron chi connectivity index (χ4n) is 9.55. The molecule has 9 heterocycles. The quantitative estimate of drug-likeness (QED) is 0.172. The summed E-state index contributed by atoms with van der Waals surface area (Å²) < 4.78 is 10.7. The highest BCUT2D eigenvalue weighted by molar-refractivity contribution is 5.81. The lowest BCUT2D eigenvalue weighted by Gasteiger charge is -2.39. The Balaban J connectivity index is 0.000000166. The van der Waals surface area contributed by atoms with Gasteiger partial charge < -0.3 is 29.9 Å². The SMILES string of the molecule is C.CC(C)(C)OC(=O)N1CCC(=O)CC1.CC(C)(C)OC(=O)N1CCC(N2CCCC2c2ccn[nH]2)CC1.c1cc(C2CCCN2)[nH]n1.c1cc(C2CCCN2C2CCNCC2)[nH]n1. The first-order chi connectivity index (χ1) is 30.2. The summed E-state index contributed by atoms with van der Waals surface area (Å²) in [4.78, 5) is 43.3. The average molecular weight is 893 g/mol. The van der Waals surface area contributed by atoms with E-state index in [-0.39, 0.29) is 25.4 Å². The minimum Gasteiger partial charge on any atom is -0.444 e. The van der Waals surface area contributed by atoms with E-state index in [4.69, 9.17) is 9.47 Å². The molecule has 0 aliphatic carbocycles. The number of nitrogens with zero attached hydrogens (tertiary/aromatic N) is 7. The first kappa shape index (κ1) is 50.7. The van der Waals surface area contributed by atoms with Crippen LogP contribution in [0.2, 0.25) is 0 Å². The molecule has 0 spiro atoms. The summed E-state index contributed by atoms with van der Waals surface area (Å²) in [6, 6.07) is 9.14. The van der Waals surface area contributed by atoms with Crippen molar-refractivity contribution in [2.45, 2.75) is 167 Å². The second kappa shape index (κ2) is 24.3. The topological polar surface area (TPSA) is 193 Å². The third-order valence-electron chi connectivity index (χ3n) is 12.6. The third kappa shape index (κ3) is 15.4. The molecule has 0 radical (unpaired) electrons. The van der Waals surface area contributed by atoms with E-state index >= 15 is 0 Å². The molecule has 6 aliphatic heterocycles. The molecule has 5 N–H and O–H groups in total. The van der Waals surface area contributed by atoms with Crippen molar-refractivity contribution in [1.82, 2.24) is 60.8 Å². The Morgan fingerprint density at radius 2 is 1.03 bits per heavy atom. The summed E-state index contributed by atoms with van der Waals surface area (Å²) >= 11 is 0. The smallest absolute Gasteiger partial charge is 0.410 e. The van der Waals surface area contributed by atoms with Gasteiger partial charge in [0.15, 0.2) is 0 Å². The number of Topliss-reactive ketones (excluding diaryl/α,β-unsaturated/α-hetero) is 1. The number of piperidine rings is 3. The predicted molar refractivity (Wildman–Crippen MR) is 249 cm³/mol. The van der Waals surface area contributed by atoms with Gasteiger partial charge in [-0.15, -0.1) is 0 Å². The van der Waals surface area contributed by atoms with Gasteiger partial charge in [0, 0.05) is 75.7 Å². The number of ketones is 1. The van der Waals surface area contributed by atoms with Gasteiger partial charge in [-0.1, -0.05) is 7.43 Å². The molecule has 0 saturated carbocycles. The molecule has 9 rings (SSSR count). The minimum atomic E-state index is -0.460. The van der Waals surface area contributed by atoms with Gasteiger partial charge in [0.1, 0.15) is 17.0 Å². The number of hydrogen-bond donors (Lipinski definition) is 5. The summed E-state index contributed by atoms with van der Waals surface area (Å²) in [7, 11) is 0. The second-order valence-electron chi connectivity index (χ2n) is 19.7. The summed E-state index contributed by atoms with van der Waals surface area (Å²) in [5.74, 6) is 0.227. The third-order valence-corrected chi connectivity index (χ3v) is 12.6. The van der Waals surface area contributed by atoms with E-state index in [2.05, 4.69) is 63.2 Å². The first-order valence-corrected chi connectivity index (χ1v) is 23.6. The summed E-state index contributed by atoms with van der Waals surface area (Å²) in [5, 5.41) is 28.1. The van der Waals surface area contributed by atoms with E-state index in [1.807, 2.05) is 64.9 Å². The van der Waals surface area contributed by atoms with Gasteiger partial charge in [0.2, 0.25) is 0 Å². The highest BCUT2D eigenvalue weighted by atomic mass is 16.6. The van der Waals surface area contributed by atoms with Gasteiger partial charge >= 0.3 is 12.2 Å². The number of hydrogen-bond acceptors (Lipinski definition) is 12. The molecule has 17 heteroatoms. The predicted octanol–water partition coefficient (Wildman–Crippen LogP) is 7.30. The Morgan fingerprint density at radius 3 is 1.45 bits per heavy atom. The minimum absolute atomic E-state index is 0. The van der Waals surface area contributed by atoms with Crippen molar-refractivity contribution < 1.29 is 23.9 Å². The Morgan fingerprint density at radius 1 is 0.578 bits per heavy atom. The number of nitrogens with one attached hydrogen (secondary N) is 5. The fourth-order valence-corrected chi connectivity index (χ4v) is 9.55. The van der Waals surface area contributed by atoms with Gasteiger partial charge in [0.05, 0.1) is 29.2 Å². The largest absolute Gasteiger partial charge is 0.444 e. The molecule has 6 saturated heterocycles. The number of amides is 2. The van der Waals surface area contributed by atoms with E-state index in [0.29, 0.717) is 50.1 Å². The number of likely N-dealkylation sites (tertiary alicyclic amines) is 4. The van der Waals surface area contributed by atoms with Crippen molar-refractivity contribution in [2.75, 3.05) is 58.9 Å². The molecule has 3 aromatic heterocycles. The average Bonchev–Trinajstić information content (AvgIpc) is 4.12.